The summed E-state index contributed by atoms with van der Waals surface area (Å²) in [4.78, 5) is 16.4. The molecule has 0 radical (unpaired) electrons. The zero-order chi connectivity index (χ0) is 16.4. The van der Waals surface area contributed by atoms with Gasteiger partial charge in [0.2, 0.25) is 17.6 Å². The Labute approximate surface area is 143 Å². The second kappa shape index (κ2) is 6.66. The summed E-state index contributed by atoms with van der Waals surface area (Å²) in [6.07, 6.45) is 2.44. The number of hydrogen-bond acceptors (Lipinski definition) is 8. The smallest absolute Gasteiger partial charge is 0.241 e. The maximum atomic E-state index is 5.63. The first-order valence-electron chi connectivity index (χ1n) is 7.88. The molecule has 3 aromatic rings. The van der Waals surface area contributed by atoms with Crippen LogP contribution < -0.4 is 4.74 Å². The van der Waals surface area contributed by atoms with Gasteiger partial charge in [-0.05, 0) is 18.4 Å². The summed E-state index contributed by atoms with van der Waals surface area (Å²) in [5.41, 5.74) is 2.12. The lowest BCUT2D eigenvalue weighted by atomic mass is 10.1. The van der Waals surface area contributed by atoms with Crippen LogP contribution >= 0.6 is 11.3 Å². The van der Waals surface area contributed by atoms with Crippen molar-refractivity contribution in [1.29, 1.82) is 0 Å². The third-order valence-electron chi connectivity index (χ3n) is 3.89. The van der Waals surface area contributed by atoms with Crippen molar-refractivity contribution < 1.29 is 9.26 Å². The van der Waals surface area contributed by atoms with E-state index in [-0.39, 0.29) is 0 Å². The van der Waals surface area contributed by atoms with E-state index in [0.29, 0.717) is 30.7 Å². The predicted octanol–water partition coefficient (Wildman–Crippen LogP) is 2.55. The molecule has 0 aromatic carbocycles. The number of hydrogen-bond donors (Lipinski definition) is 0. The maximum Gasteiger partial charge on any atom is 0.241 e. The minimum Gasteiger partial charge on any atom is -0.478 e. The Morgan fingerprint density at radius 3 is 3.17 bits per heavy atom. The van der Waals surface area contributed by atoms with Crippen molar-refractivity contribution in [1.82, 2.24) is 25.0 Å². The lowest BCUT2D eigenvalue weighted by Crippen LogP contribution is -2.31. The Kier molecular flexibility index (Phi) is 4.22. The highest BCUT2D eigenvalue weighted by molar-refractivity contribution is 7.13. The Bertz CT molecular complexity index is 818. The number of fused-ring (bicyclic) bond motifs is 1. The molecule has 24 heavy (non-hydrogen) atoms. The van der Waals surface area contributed by atoms with E-state index in [1.807, 2.05) is 24.4 Å². The molecular formula is C16H17N5O2S. The van der Waals surface area contributed by atoms with Gasteiger partial charge in [-0.3, -0.25) is 4.90 Å². The van der Waals surface area contributed by atoms with Crippen molar-refractivity contribution in [3.63, 3.8) is 0 Å². The van der Waals surface area contributed by atoms with E-state index in [1.165, 1.54) is 0 Å². The molecule has 124 valence electrons. The second-order valence-corrected chi connectivity index (χ2v) is 6.43. The van der Waals surface area contributed by atoms with Crippen LogP contribution in [0.2, 0.25) is 0 Å². The van der Waals surface area contributed by atoms with E-state index in [9.17, 15) is 0 Å². The third kappa shape index (κ3) is 3.02. The van der Waals surface area contributed by atoms with Gasteiger partial charge >= 0.3 is 0 Å². The fraction of sp³-hybridized carbons (Fsp3) is 0.375. The summed E-state index contributed by atoms with van der Waals surface area (Å²) in [5, 5.41) is 6.07. The fourth-order valence-corrected chi connectivity index (χ4v) is 3.43. The minimum absolute atomic E-state index is 0.595. The van der Waals surface area contributed by atoms with Crippen LogP contribution in [-0.4, -0.2) is 38.2 Å². The van der Waals surface area contributed by atoms with E-state index in [1.54, 1.807) is 17.7 Å². The van der Waals surface area contributed by atoms with Gasteiger partial charge in [0, 0.05) is 25.1 Å². The van der Waals surface area contributed by atoms with Crippen molar-refractivity contribution >= 4 is 11.3 Å². The fourth-order valence-electron chi connectivity index (χ4n) is 2.78. The molecule has 0 atom stereocenters. The highest BCUT2D eigenvalue weighted by Crippen LogP contribution is 2.26. The normalized spacial score (nSPS) is 14.5. The molecule has 0 saturated carbocycles. The standard InChI is InChI=1S/C16H17N5O2S/c1-2-22-16-11-8-21(6-5-12(11)17-10-18-16)9-14-19-15(20-23-14)13-4-3-7-24-13/h3-4,7,10H,2,5-6,8-9H2,1H3. The molecule has 0 fully saturated rings. The Hall–Kier alpha value is -2.32. The van der Waals surface area contributed by atoms with Gasteiger partial charge in [-0.1, -0.05) is 11.2 Å². The van der Waals surface area contributed by atoms with Gasteiger partial charge in [-0.15, -0.1) is 11.3 Å². The van der Waals surface area contributed by atoms with Crippen LogP contribution in [0, 0.1) is 0 Å². The molecule has 0 spiro atoms. The number of nitrogens with zero attached hydrogens (tertiary/aromatic N) is 5. The molecule has 8 heteroatoms. The Balaban J connectivity index is 1.49. The van der Waals surface area contributed by atoms with Crippen LogP contribution in [0.25, 0.3) is 10.7 Å². The summed E-state index contributed by atoms with van der Waals surface area (Å²) in [6.45, 7) is 4.78. The molecule has 0 aliphatic carbocycles. The van der Waals surface area contributed by atoms with Crippen molar-refractivity contribution in [3.8, 4) is 16.6 Å². The molecule has 4 heterocycles. The number of aromatic nitrogens is 4. The van der Waals surface area contributed by atoms with Gasteiger partial charge in [0.15, 0.2) is 0 Å². The van der Waals surface area contributed by atoms with Gasteiger partial charge in [-0.25, -0.2) is 9.97 Å². The molecule has 1 aliphatic rings. The summed E-state index contributed by atoms with van der Waals surface area (Å²) >= 11 is 1.60. The van der Waals surface area contributed by atoms with E-state index < -0.39 is 0 Å². The van der Waals surface area contributed by atoms with E-state index >= 15 is 0 Å². The van der Waals surface area contributed by atoms with Crippen LogP contribution in [-0.2, 0) is 19.5 Å². The van der Waals surface area contributed by atoms with Gasteiger partial charge in [0.1, 0.15) is 6.33 Å². The molecule has 0 bridgehead atoms. The second-order valence-electron chi connectivity index (χ2n) is 5.49. The average Bonchev–Trinajstić information content (AvgIpc) is 3.27. The van der Waals surface area contributed by atoms with Crippen molar-refractivity contribution in [2.45, 2.75) is 26.4 Å². The molecule has 0 unspecified atom stereocenters. The first-order valence-corrected chi connectivity index (χ1v) is 8.76. The molecule has 0 saturated heterocycles. The largest absolute Gasteiger partial charge is 0.478 e. The topological polar surface area (TPSA) is 77.2 Å². The van der Waals surface area contributed by atoms with Gasteiger partial charge in [0.05, 0.1) is 23.7 Å². The Morgan fingerprint density at radius 1 is 1.38 bits per heavy atom. The average molecular weight is 343 g/mol. The lowest BCUT2D eigenvalue weighted by Gasteiger charge is -2.27. The molecule has 3 aromatic heterocycles. The highest BCUT2D eigenvalue weighted by Gasteiger charge is 2.23. The zero-order valence-corrected chi connectivity index (χ0v) is 14.1. The van der Waals surface area contributed by atoms with Crippen LogP contribution in [0.4, 0.5) is 0 Å². The van der Waals surface area contributed by atoms with Crippen LogP contribution in [0.5, 0.6) is 5.88 Å². The van der Waals surface area contributed by atoms with Gasteiger partial charge in [0.25, 0.3) is 0 Å². The summed E-state index contributed by atoms with van der Waals surface area (Å²) in [6, 6.07) is 3.97. The summed E-state index contributed by atoms with van der Waals surface area (Å²) < 4.78 is 11.0. The number of thiophene rings is 1. The monoisotopic (exact) mass is 343 g/mol. The zero-order valence-electron chi connectivity index (χ0n) is 13.3. The first-order chi connectivity index (χ1) is 11.8. The van der Waals surface area contributed by atoms with E-state index in [2.05, 4.69) is 25.0 Å². The van der Waals surface area contributed by atoms with Crippen molar-refractivity contribution in [2.24, 2.45) is 0 Å². The van der Waals surface area contributed by atoms with Gasteiger partial charge < -0.3 is 9.26 Å². The molecule has 0 amide bonds. The van der Waals surface area contributed by atoms with Crippen LogP contribution in [0.15, 0.2) is 28.4 Å². The van der Waals surface area contributed by atoms with Crippen molar-refractivity contribution in [3.05, 3.63) is 41.0 Å². The SMILES string of the molecule is CCOc1ncnc2c1CN(Cc1nc(-c3cccs3)no1)CC2. The number of rotatable bonds is 5. The van der Waals surface area contributed by atoms with E-state index in [0.717, 1.165) is 35.6 Å². The van der Waals surface area contributed by atoms with E-state index in [4.69, 9.17) is 9.26 Å². The van der Waals surface area contributed by atoms with Gasteiger partial charge in [-0.2, -0.15) is 4.98 Å². The predicted molar refractivity (Wildman–Crippen MR) is 88.6 cm³/mol. The molecule has 7 nitrogen and oxygen atoms in total. The van der Waals surface area contributed by atoms with Crippen molar-refractivity contribution in [2.75, 3.05) is 13.2 Å². The van der Waals surface area contributed by atoms with Crippen LogP contribution in [0.1, 0.15) is 24.1 Å². The molecule has 4 rings (SSSR count). The third-order valence-corrected chi connectivity index (χ3v) is 4.76. The highest BCUT2D eigenvalue weighted by atomic mass is 32.1. The first kappa shape index (κ1) is 15.2. The van der Waals surface area contributed by atoms with Crippen LogP contribution in [0.3, 0.4) is 0 Å². The molecule has 1 aliphatic heterocycles. The summed E-state index contributed by atoms with van der Waals surface area (Å²) in [7, 11) is 0. The Morgan fingerprint density at radius 2 is 2.33 bits per heavy atom. The quantitative estimate of drug-likeness (QED) is 0.704. The molecule has 0 N–H and O–H groups in total. The maximum absolute atomic E-state index is 5.63. The summed E-state index contributed by atoms with van der Waals surface area (Å²) in [5.74, 6) is 1.95. The minimum atomic E-state index is 0.595. The molecular weight excluding hydrogens is 326 g/mol. The number of ether oxygens (including phenoxy) is 1. The lowest BCUT2D eigenvalue weighted by molar-refractivity contribution is 0.202.